The minimum atomic E-state index is -0.823. The second-order valence-corrected chi connectivity index (χ2v) is 5.92. The Bertz CT molecular complexity index is 755. The number of nitrogens with zero attached hydrogens (tertiary/aromatic N) is 1. The Hall–Kier alpha value is -2.47. The smallest absolute Gasteiger partial charge is 0.318 e. The third-order valence-corrected chi connectivity index (χ3v) is 3.75. The molecule has 0 spiro atoms. The van der Waals surface area contributed by atoms with Crippen LogP contribution in [0.25, 0.3) is 0 Å². The van der Waals surface area contributed by atoms with E-state index in [-0.39, 0.29) is 0 Å². The molecule has 0 unspecified atom stereocenters. The van der Waals surface area contributed by atoms with Crippen LogP contribution in [-0.4, -0.2) is 18.0 Å². The molecule has 2 rings (SSSR count). The zero-order valence-electron chi connectivity index (χ0n) is 12.8. The molecule has 0 bridgehead atoms. The van der Waals surface area contributed by atoms with E-state index < -0.39 is 11.8 Å². The lowest BCUT2D eigenvalue weighted by molar-refractivity contribution is -0.136. The zero-order valence-corrected chi connectivity index (χ0v) is 14.3. The number of carbonyl (C=O) groups excluding carboxylic acids is 2. The Morgan fingerprint density at radius 3 is 2.35 bits per heavy atom. The van der Waals surface area contributed by atoms with Crippen LogP contribution in [0.5, 0.6) is 0 Å². The maximum atomic E-state index is 11.8. The molecule has 0 heterocycles. The maximum Gasteiger partial charge on any atom is 0.329 e. The molecule has 0 saturated heterocycles. The first-order valence-electron chi connectivity index (χ1n) is 6.93. The van der Waals surface area contributed by atoms with Crippen molar-refractivity contribution in [1.82, 2.24) is 5.43 Å². The summed E-state index contributed by atoms with van der Waals surface area (Å²) in [6, 6.07) is 12.8. The minimum absolute atomic E-state index is 0.574. The molecular formula is C17H16BrN3O2. The molecule has 0 aliphatic carbocycles. The number of anilines is 1. The number of rotatable bonds is 3. The van der Waals surface area contributed by atoms with Gasteiger partial charge in [-0.1, -0.05) is 34.1 Å². The average Bonchev–Trinajstić information content (AvgIpc) is 2.52. The number of nitrogens with one attached hydrogen (secondary N) is 2. The lowest BCUT2D eigenvalue weighted by Crippen LogP contribution is -2.32. The van der Waals surface area contributed by atoms with E-state index in [2.05, 4.69) is 31.8 Å². The van der Waals surface area contributed by atoms with Crippen LogP contribution in [0.1, 0.15) is 16.7 Å². The fraction of sp³-hybridized carbons (Fsp3) is 0.118. The molecule has 23 heavy (non-hydrogen) atoms. The van der Waals surface area contributed by atoms with Gasteiger partial charge >= 0.3 is 11.8 Å². The molecule has 5 nitrogen and oxygen atoms in total. The van der Waals surface area contributed by atoms with Crippen LogP contribution >= 0.6 is 15.9 Å². The highest BCUT2D eigenvalue weighted by molar-refractivity contribution is 9.10. The summed E-state index contributed by atoms with van der Waals surface area (Å²) >= 11 is 3.33. The summed E-state index contributed by atoms with van der Waals surface area (Å²) in [5.74, 6) is -1.59. The van der Waals surface area contributed by atoms with Gasteiger partial charge in [0.25, 0.3) is 0 Å². The third-order valence-electron chi connectivity index (χ3n) is 3.22. The summed E-state index contributed by atoms with van der Waals surface area (Å²) in [4.78, 5) is 23.5. The normalized spacial score (nSPS) is 10.6. The van der Waals surface area contributed by atoms with Crippen molar-refractivity contribution in [2.75, 3.05) is 5.32 Å². The van der Waals surface area contributed by atoms with Crippen molar-refractivity contribution in [2.45, 2.75) is 13.8 Å². The predicted molar refractivity (Wildman–Crippen MR) is 94.4 cm³/mol. The fourth-order valence-corrected chi connectivity index (χ4v) is 2.04. The van der Waals surface area contributed by atoms with Crippen LogP contribution in [0.2, 0.25) is 0 Å². The van der Waals surface area contributed by atoms with Crippen LogP contribution in [0.4, 0.5) is 5.69 Å². The highest BCUT2D eigenvalue weighted by Crippen LogP contribution is 2.14. The number of halogens is 1. The summed E-state index contributed by atoms with van der Waals surface area (Å²) < 4.78 is 0.950. The van der Waals surface area contributed by atoms with Crippen LogP contribution in [0, 0.1) is 13.8 Å². The molecule has 0 aromatic heterocycles. The molecule has 0 aliphatic rings. The summed E-state index contributed by atoms with van der Waals surface area (Å²) in [6.07, 6.45) is 1.47. The Morgan fingerprint density at radius 1 is 1.00 bits per heavy atom. The van der Waals surface area contributed by atoms with Crippen molar-refractivity contribution in [3.05, 3.63) is 63.6 Å². The van der Waals surface area contributed by atoms with E-state index in [4.69, 9.17) is 0 Å². The van der Waals surface area contributed by atoms with Gasteiger partial charge in [0.1, 0.15) is 0 Å². The van der Waals surface area contributed by atoms with E-state index >= 15 is 0 Å². The minimum Gasteiger partial charge on any atom is -0.318 e. The summed E-state index contributed by atoms with van der Waals surface area (Å²) in [5.41, 5.74) is 5.74. The average molecular weight is 374 g/mol. The first-order valence-corrected chi connectivity index (χ1v) is 7.72. The van der Waals surface area contributed by atoms with Crippen molar-refractivity contribution in [1.29, 1.82) is 0 Å². The number of hydrazone groups is 1. The quantitative estimate of drug-likeness (QED) is 0.492. The van der Waals surface area contributed by atoms with E-state index in [1.807, 2.05) is 50.2 Å². The lowest BCUT2D eigenvalue weighted by Gasteiger charge is -2.06. The Morgan fingerprint density at radius 2 is 1.70 bits per heavy atom. The molecule has 118 valence electrons. The number of hydrogen-bond donors (Lipinski definition) is 2. The van der Waals surface area contributed by atoms with Crippen LogP contribution < -0.4 is 10.7 Å². The Labute approximate surface area is 142 Å². The maximum absolute atomic E-state index is 11.8. The highest BCUT2D eigenvalue weighted by atomic mass is 79.9. The van der Waals surface area contributed by atoms with Crippen LogP contribution in [0.15, 0.2) is 52.0 Å². The van der Waals surface area contributed by atoms with Gasteiger partial charge in [-0.15, -0.1) is 0 Å². The number of aryl methyl sites for hydroxylation is 2. The monoisotopic (exact) mass is 373 g/mol. The van der Waals surface area contributed by atoms with Crippen molar-refractivity contribution in [3.8, 4) is 0 Å². The molecule has 0 aliphatic heterocycles. The molecule has 2 amide bonds. The molecule has 0 fully saturated rings. The lowest BCUT2D eigenvalue weighted by atomic mass is 10.1. The van der Waals surface area contributed by atoms with Gasteiger partial charge in [-0.3, -0.25) is 9.59 Å². The van der Waals surface area contributed by atoms with E-state index in [1.165, 1.54) is 6.21 Å². The van der Waals surface area contributed by atoms with Gasteiger partial charge < -0.3 is 5.32 Å². The molecular weight excluding hydrogens is 358 g/mol. The second-order valence-electron chi connectivity index (χ2n) is 5.00. The zero-order chi connectivity index (χ0) is 16.8. The van der Waals surface area contributed by atoms with Crippen LogP contribution in [-0.2, 0) is 9.59 Å². The van der Waals surface area contributed by atoms with Crippen molar-refractivity contribution in [2.24, 2.45) is 5.10 Å². The van der Waals surface area contributed by atoms with Gasteiger partial charge in [-0.05, 0) is 54.8 Å². The van der Waals surface area contributed by atoms with Crippen molar-refractivity contribution < 1.29 is 9.59 Å². The van der Waals surface area contributed by atoms with E-state index in [1.54, 1.807) is 6.07 Å². The van der Waals surface area contributed by atoms with Gasteiger partial charge in [-0.2, -0.15) is 5.10 Å². The topological polar surface area (TPSA) is 70.6 Å². The van der Waals surface area contributed by atoms with E-state index in [0.29, 0.717) is 5.69 Å². The van der Waals surface area contributed by atoms with Gasteiger partial charge in [0.2, 0.25) is 0 Å². The SMILES string of the molecule is Cc1ccc(NC(=O)C(=O)N/N=C\c2ccc(Br)cc2)cc1C. The number of hydrogen-bond acceptors (Lipinski definition) is 3. The predicted octanol–water partition coefficient (Wildman–Crippen LogP) is 3.15. The van der Waals surface area contributed by atoms with Gasteiger partial charge in [-0.25, -0.2) is 5.43 Å². The molecule has 2 aromatic rings. The first kappa shape index (κ1) is 16.9. The Balaban J connectivity index is 1.90. The largest absolute Gasteiger partial charge is 0.329 e. The van der Waals surface area contributed by atoms with Gasteiger partial charge in [0.15, 0.2) is 0 Å². The third kappa shape index (κ3) is 5.03. The van der Waals surface area contributed by atoms with Crippen molar-refractivity contribution >= 4 is 39.6 Å². The van der Waals surface area contributed by atoms with Crippen molar-refractivity contribution in [3.63, 3.8) is 0 Å². The summed E-state index contributed by atoms with van der Waals surface area (Å²) in [6.45, 7) is 3.91. The highest BCUT2D eigenvalue weighted by Gasteiger charge is 2.12. The number of carbonyl (C=O) groups is 2. The standard InChI is InChI=1S/C17H16BrN3O2/c1-11-3-8-15(9-12(11)2)20-16(22)17(23)21-19-10-13-4-6-14(18)7-5-13/h3-10H,1-2H3,(H,20,22)(H,21,23)/b19-10-. The molecule has 2 aromatic carbocycles. The fourth-order valence-electron chi connectivity index (χ4n) is 1.77. The molecule has 2 N–H and O–H groups in total. The van der Waals surface area contributed by atoms with Gasteiger partial charge in [0.05, 0.1) is 6.21 Å². The van der Waals surface area contributed by atoms with Gasteiger partial charge in [0, 0.05) is 10.2 Å². The van der Waals surface area contributed by atoms with E-state index in [0.717, 1.165) is 21.2 Å². The molecule has 0 saturated carbocycles. The number of benzene rings is 2. The molecule has 0 radical (unpaired) electrons. The molecule has 0 atom stereocenters. The summed E-state index contributed by atoms with van der Waals surface area (Å²) in [7, 11) is 0. The number of amides is 2. The summed E-state index contributed by atoms with van der Waals surface area (Å²) in [5, 5.41) is 6.30. The van der Waals surface area contributed by atoms with Crippen LogP contribution in [0.3, 0.4) is 0 Å². The first-order chi connectivity index (χ1) is 11.0. The second kappa shape index (κ2) is 7.69. The Kier molecular flexibility index (Phi) is 5.65. The van der Waals surface area contributed by atoms with E-state index in [9.17, 15) is 9.59 Å². The molecule has 6 heteroatoms.